The maximum absolute atomic E-state index is 10.9. The summed E-state index contributed by atoms with van der Waals surface area (Å²) in [4.78, 5) is 0. The molecule has 1 heterocycles. The summed E-state index contributed by atoms with van der Waals surface area (Å²) in [6.07, 6.45) is 0. The predicted molar refractivity (Wildman–Crippen MR) is 57.2 cm³/mol. The van der Waals surface area contributed by atoms with Crippen LogP contribution >= 0.6 is 0 Å². The zero-order chi connectivity index (χ0) is 10.2. The molecule has 1 fully saturated rings. The van der Waals surface area contributed by atoms with E-state index in [1.165, 1.54) is 5.56 Å². The van der Waals surface area contributed by atoms with Gasteiger partial charge in [0.15, 0.2) is 9.84 Å². The third-order valence-electron chi connectivity index (χ3n) is 2.30. The molecule has 4 heteroatoms. The second kappa shape index (κ2) is 3.28. The highest BCUT2D eigenvalue weighted by Gasteiger charge is 2.32. The fourth-order valence-corrected chi connectivity index (χ4v) is 2.91. The molecule has 1 aliphatic rings. The van der Waals surface area contributed by atoms with Crippen molar-refractivity contribution in [3.8, 4) is 0 Å². The van der Waals surface area contributed by atoms with Crippen LogP contribution in [0.25, 0.3) is 0 Å². The van der Waals surface area contributed by atoms with E-state index in [1.54, 1.807) is 0 Å². The number of nitrogens with one attached hydrogen (secondary N) is 1. The smallest absolute Gasteiger partial charge is 0.154 e. The molecule has 2 rings (SSSR count). The highest BCUT2D eigenvalue weighted by molar-refractivity contribution is 7.92. The topological polar surface area (TPSA) is 46.2 Å². The minimum absolute atomic E-state index is 0.0989. The molecule has 0 unspecified atom stereocenters. The molecule has 0 saturated carbocycles. The lowest BCUT2D eigenvalue weighted by Gasteiger charge is -2.27. The lowest BCUT2D eigenvalue weighted by Crippen LogP contribution is -2.46. The average molecular weight is 211 g/mol. The van der Waals surface area contributed by atoms with Crippen molar-refractivity contribution in [2.45, 2.75) is 13.0 Å². The van der Waals surface area contributed by atoms with E-state index >= 15 is 0 Å². The van der Waals surface area contributed by atoms with Crippen LogP contribution in [-0.4, -0.2) is 26.0 Å². The minimum atomic E-state index is -2.72. The van der Waals surface area contributed by atoms with Gasteiger partial charge in [-0.1, -0.05) is 12.1 Å². The second-order valence-corrected chi connectivity index (χ2v) is 5.94. The van der Waals surface area contributed by atoms with Crippen LogP contribution in [0.15, 0.2) is 24.3 Å². The molecule has 0 aromatic heterocycles. The first kappa shape index (κ1) is 9.52. The van der Waals surface area contributed by atoms with E-state index in [2.05, 4.69) is 5.32 Å². The largest absolute Gasteiger partial charge is 0.380 e. The highest BCUT2D eigenvalue weighted by Crippen LogP contribution is 2.17. The number of anilines is 1. The first-order valence-corrected chi connectivity index (χ1v) is 6.41. The predicted octanol–water partition coefficient (Wildman–Crippen LogP) is 1.20. The molecule has 0 bridgehead atoms. The van der Waals surface area contributed by atoms with Crippen LogP contribution in [0.1, 0.15) is 5.56 Å². The summed E-state index contributed by atoms with van der Waals surface area (Å²) < 4.78 is 21.8. The number of hydrogen-bond donors (Lipinski definition) is 1. The van der Waals surface area contributed by atoms with E-state index in [9.17, 15) is 8.42 Å². The molecule has 1 N–H and O–H groups in total. The Morgan fingerprint density at radius 2 is 2.07 bits per heavy atom. The Labute approximate surface area is 84.1 Å². The summed E-state index contributed by atoms with van der Waals surface area (Å²) in [5, 5.41) is 3.20. The molecule has 76 valence electrons. The average Bonchev–Trinajstić information content (AvgIpc) is 2.00. The van der Waals surface area contributed by atoms with Gasteiger partial charge in [-0.2, -0.15) is 0 Å². The molecule has 1 saturated heterocycles. The monoisotopic (exact) mass is 211 g/mol. The van der Waals surface area contributed by atoms with E-state index in [1.807, 2.05) is 31.2 Å². The van der Waals surface area contributed by atoms with Gasteiger partial charge in [0, 0.05) is 5.69 Å². The van der Waals surface area contributed by atoms with Crippen molar-refractivity contribution in [3.05, 3.63) is 29.8 Å². The van der Waals surface area contributed by atoms with Crippen LogP contribution in [0.4, 0.5) is 5.69 Å². The third-order valence-corrected chi connectivity index (χ3v) is 4.12. The van der Waals surface area contributed by atoms with Gasteiger partial charge in [0.05, 0.1) is 17.5 Å². The molecule has 0 aliphatic carbocycles. The van der Waals surface area contributed by atoms with Crippen molar-refractivity contribution in [2.75, 3.05) is 16.8 Å². The maximum Gasteiger partial charge on any atom is 0.154 e. The van der Waals surface area contributed by atoms with Gasteiger partial charge < -0.3 is 5.32 Å². The minimum Gasteiger partial charge on any atom is -0.380 e. The quantitative estimate of drug-likeness (QED) is 0.799. The Bertz CT molecular complexity index is 427. The van der Waals surface area contributed by atoms with E-state index < -0.39 is 9.84 Å². The maximum atomic E-state index is 10.9. The fourth-order valence-electron chi connectivity index (χ4n) is 1.62. The SMILES string of the molecule is Cc1cccc(NC2CS(=O)(=O)C2)c1. The van der Waals surface area contributed by atoms with E-state index in [0.717, 1.165) is 5.69 Å². The Morgan fingerprint density at radius 1 is 1.36 bits per heavy atom. The first-order chi connectivity index (χ1) is 6.55. The number of benzene rings is 1. The third kappa shape index (κ3) is 2.07. The summed E-state index contributed by atoms with van der Waals surface area (Å²) in [5.41, 5.74) is 2.18. The Kier molecular flexibility index (Phi) is 2.23. The van der Waals surface area contributed by atoms with Crippen LogP contribution in [-0.2, 0) is 9.84 Å². The first-order valence-electron chi connectivity index (χ1n) is 4.59. The second-order valence-electron chi connectivity index (χ2n) is 3.79. The molecular formula is C10H13NO2S. The number of aryl methyl sites for hydroxylation is 1. The Hall–Kier alpha value is -1.03. The molecule has 0 spiro atoms. The highest BCUT2D eigenvalue weighted by atomic mass is 32.2. The van der Waals surface area contributed by atoms with Crippen molar-refractivity contribution in [1.29, 1.82) is 0 Å². The van der Waals surface area contributed by atoms with Crippen LogP contribution in [0.2, 0.25) is 0 Å². The van der Waals surface area contributed by atoms with E-state index in [4.69, 9.17) is 0 Å². The molecule has 0 atom stereocenters. The van der Waals surface area contributed by atoms with Crippen molar-refractivity contribution in [2.24, 2.45) is 0 Å². The molecule has 1 aromatic rings. The number of sulfone groups is 1. The Balaban J connectivity index is 2.00. The molecule has 1 aliphatic heterocycles. The fraction of sp³-hybridized carbons (Fsp3) is 0.400. The van der Waals surface area contributed by atoms with Gasteiger partial charge in [-0.15, -0.1) is 0 Å². The van der Waals surface area contributed by atoms with Crippen LogP contribution in [0.5, 0.6) is 0 Å². The lowest BCUT2D eigenvalue weighted by molar-refractivity contribution is 0.570. The van der Waals surface area contributed by atoms with Crippen molar-refractivity contribution in [3.63, 3.8) is 0 Å². The lowest BCUT2D eigenvalue weighted by atomic mass is 10.2. The van der Waals surface area contributed by atoms with Gasteiger partial charge in [-0.05, 0) is 24.6 Å². The van der Waals surface area contributed by atoms with Gasteiger partial charge in [0.25, 0.3) is 0 Å². The van der Waals surface area contributed by atoms with E-state index in [0.29, 0.717) is 0 Å². The number of rotatable bonds is 2. The van der Waals surface area contributed by atoms with E-state index in [-0.39, 0.29) is 17.5 Å². The number of hydrogen-bond acceptors (Lipinski definition) is 3. The van der Waals surface area contributed by atoms with Gasteiger partial charge >= 0.3 is 0 Å². The molecule has 0 amide bonds. The summed E-state index contributed by atoms with van der Waals surface area (Å²) in [6.45, 7) is 2.02. The van der Waals surface area contributed by atoms with Gasteiger partial charge in [-0.25, -0.2) is 8.42 Å². The molecule has 1 aromatic carbocycles. The standard InChI is InChI=1S/C10H13NO2S/c1-8-3-2-4-9(5-8)11-10-6-14(12,13)7-10/h2-5,10-11H,6-7H2,1H3. The molecule has 0 radical (unpaired) electrons. The zero-order valence-corrected chi connectivity index (χ0v) is 8.84. The molecule has 3 nitrogen and oxygen atoms in total. The normalized spacial score (nSPS) is 20.1. The van der Waals surface area contributed by atoms with Crippen molar-refractivity contribution >= 4 is 15.5 Å². The molecule has 14 heavy (non-hydrogen) atoms. The van der Waals surface area contributed by atoms with Gasteiger partial charge in [0.1, 0.15) is 0 Å². The van der Waals surface area contributed by atoms with Crippen LogP contribution in [0.3, 0.4) is 0 Å². The zero-order valence-electron chi connectivity index (χ0n) is 8.03. The van der Waals surface area contributed by atoms with Crippen LogP contribution < -0.4 is 5.32 Å². The summed E-state index contributed by atoms with van der Waals surface area (Å²) in [7, 11) is -2.72. The van der Waals surface area contributed by atoms with Crippen molar-refractivity contribution < 1.29 is 8.42 Å². The summed E-state index contributed by atoms with van der Waals surface area (Å²) in [6, 6.07) is 8.05. The van der Waals surface area contributed by atoms with Gasteiger partial charge in [0.2, 0.25) is 0 Å². The van der Waals surface area contributed by atoms with Gasteiger partial charge in [-0.3, -0.25) is 0 Å². The Morgan fingerprint density at radius 3 is 2.64 bits per heavy atom. The van der Waals surface area contributed by atoms with Crippen LogP contribution in [0, 0.1) is 6.92 Å². The summed E-state index contributed by atoms with van der Waals surface area (Å²) in [5.74, 6) is 0.530. The molecular weight excluding hydrogens is 198 g/mol. The van der Waals surface area contributed by atoms with Crippen molar-refractivity contribution in [1.82, 2.24) is 0 Å². The summed E-state index contributed by atoms with van der Waals surface area (Å²) >= 11 is 0.